The number of hydrogen-bond donors (Lipinski definition) is 2. The van der Waals surface area contributed by atoms with Gasteiger partial charge in [-0.3, -0.25) is 0 Å². The minimum atomic E-state index is -0.352. The summed E-state index contributed by atoms with van der Waals surface area (Å²) < 4.78 is 10.8. The maximum Gasteiger partial charge on any atom is 0.338 e. The Hall–Kier alpha value is -2.60. The normalized spacial score (nSPS) is 11.4. The van der Waals surface area contributed by atoms with Gasteiger partial charge < -0.3 is 20.1 Å². The summed E-state index contributed by atoms with van der Waals surface area (Å²) in [6.07, 6.45) is 0. The molecule has 0 fully saturated rings. The highest BCUT2D eigenvalue weighted by atomic mass is 32.1. The molecular weight excluding hydrogens is 360 g/mol. The number of nitrogens with one attached hydrogen (secondary N) is 2. The molecule has 0 heterocycles. The standard InChI is InChI=1S/C21H26N2O3S/c1-5-25-20(24)17-7-6-8-18(12-17)23-21(27)22-16(4)13-26-19-10-9-14(2)15(3)11-19/h6-12,16H,5,13H2,1-4H3,(H2,22,23,27). The van der Waals surface area contributed by atoms with Gasteiger partial charge in [-0.1, -0.05) is 12.1 Å². The average Bonchev–Trinajstić information content (AvgIpc) is 2.63. The number of esters is 1. The molecule has 0 saturated heterocycles. The highest BCUT2D eigenvalue weighted by Crippen LogP contribution is 2.16. The molecule has 0 aliphatic rings. The van der Waals surface area contributed by atoms with E-state index >= 15 is 0 Å². The lowest BCUT2D eigenvalue weighted by molar-refractivity contribution is 0.0526. The first-order valence-corrected chi connectivity index (χ1v) is 9.34. The molecule has 144 valence electrons. The van der Waals surface area contributed by atoms with Crippen LogP contribution in [0.1, 0.15) is 35.3 Å². The molecular formula is C21H26N2O3S. The fourth-order valence-corrected chi connectivity index (χ4v) is 2.71. The van der Waals surface area contributed by atoms with E-state index < -0.39 is 0 Å². The van der Waals surface area contributed by atoms with E-state index in [4.69, 9.17) is 21.7 Å². The molecule has 0 aliphatic heterocycles. The van der Waals surface area contributed by atoms with Gasteiger partial charge in [-0.2, -0.15) is 0 Å². The van der Waals surface area contributed by atoms with Crippen LogP contribution in [0.5, 0.6) is 5.75 Å². The molecule has 2 N–H and O–H groups in total. The van der Waals surface area contributed by atoms with Gasteiger partial charge in [0, 0.05) is 5.69 Å². The second kappa shape index (κ2) is 9.92. The lowest BCUT2D eigenvalue weighted by Gasteiger charge is -2.18. The first-order valence-electron chi connectivity index (χ1n) is 8.93. The second-order valence-corrected chi connectivity index (χ2v) is 6.77. The zero-order valence-corrected chi connectivity index (χ0v) is 17.0. The van der Waals surface area contributed by atoms with Crippen LogP contribution in [0, 0.1) is 13.8 Å². The van der Waals surface area contributed by atoms with Crippen LogP contribution in [0.15, 0.2) is 42.5 Å². The van der Waals surface area contributed by atoms with Gasteiger partial charge in [0.25, 0.3) is 0 Å². The topological polar surface area (TPSA) is 59.6 Å². The summed E-state index contributed by atoms with van der Waals surface area (Å²) in [5.41, 5.74) is 3.65. The Morgan fingerprint density at radius 2 is 1.93 bits per heavy atom. The molecule has 0 spiro atoms. The second-order valence-electron chi connectivity index (χ2n) is 6.36. The number of aryl methyl sites for hydroxylation is 2. The summed E-state index contributed by atoms with van der Waals surface area (Å²) >= 11 is 5.35. The van der Waals surface area contributed by atoms with Crippen molar-refractivity contribution in [2.24, 2.45) is 0 Å². The Labute approximate surface area is 166 Å². The molecule has 1 unspecified atom stereocenters. The lowest BCUT2D eigenvalue weighted by Crippen LogP contribution is -2.39. The summed E-state index contributed by atoms with van der Waals surface area (Å²) in [6, 6.07) is 13.1. The van der Waals surface area contributed by atoms with Crippen LogP contribution in [-0.2, 0) is 4.74 Å². The molecule has 2 aromatic rings. The Morgan fingerprint density at radius 3 is 2.63 bits per heavy atom. The van der Waals surface area contributed by atoms with Crippen molar-refractivity contribution < 1.29 is 14.3 Å². The van der Waals surface area contributed by atoms with Crippen LogP contribution in [0.3, 0.4) is 0 Å². The zero-order valence-electron chi connectivity index (χ0n) is 16.2. The molecule has 0 aliphatic carbocycles. The molecule has 1 atom stereocenters. The van der Waals surface area contributed by atoms with Crippen LogP contribution in [0.2, 0.25) is 0 Å². The molecule has 5 nitrogen and oxygen atoms in total. The van der Waals surface area contributed by atoms with Crippen molar-refractivity contribution in [2.75, 3.05) is 18.5 Å². The van der Waals surface area contributed by atoms with Crippen LogP contribution in [0.25, 0.3) is 0 Å². The lowest BCUT2D eigenvalue weighted by atomic mass is 10.1. The third-order valence-electron chi connectivity index (χ3n) is 3.99. The number of rotatable bonds is 7. The molecule has 0 saturated carbocycles. The summed E-state index contributed by atoms with van der Waals surface area (Å²) in [5.74, 6) is 0.489. The minimum Gasteiger partial charge on any atom is -0.491 e. The monoisotopic (exact) mass is 386 g/mol. The molecule has 2 aromatic carbocycles. The van der Waals surface area contributed by atoms with E-state index in [1.807, 2.05) is 31.2 Å². The van der Waals surface area contributed by atoms with E-state index in [9.17, 15) is 4.79 Å². The van der Waals surface area contributed by atoms with Crippen molar-refractivity contribution in [1.29, 1.82) is 0 Å². The largest absolute Gasteiger partial charge is 0.491 e. The smallest absolute Gasteiger partial charge is 0.338 e. The Bertz CT molecular complexity index is 808. The quantitative estimate of drug-likeness (QED) is 0.548. The predicted molar refractivity (Wildman–Crippen MR) is 113 cm³/mol. The van der Waals surface area contributed by atoms with Crippen molar-refractivity contribution in [1.82, 2.24) is 5.32 Å². The molecule has 27 heavy (non-hydrogen) atoms. The summed E-state index contributed by atoms with van der Waals surface area (Å²) in [4.78, 5) is 11.8. The van der Waals surface area contributed by atoms with E-state index in [2.05, 4.69) is 24.5 Å². The van der Waals surface area contributed by atoms with E-state index in [0.717, 1.165) is 11.4 Å². The maximum absolute atomic E-state index is 11.8. The third-order valence-corrected chi connectivity index (χ3v) is 4.21. The van der Waals surface area contributed by atoms with Crippen molar-refractivity contribution in [3.8, 4) is 5.75 Å². The van der Waals surface area contributed by atoms with Gasteiger partial charge in [-0.15, -0.1) is 0 Å². The summed E-state index contributed by atoms with van der Waals surface area (Å²) in [7, 11) is 0. The highest BCUT2D eigenvalue weighted by molar-refractivity contribution is 7.80. The van der Waals surface area contributed by atoms with Crippen molar-refractivity contribution in [2.45, 2.75) is 33.7 Å². The Kier molecular flexibility index (Phi) is 7.61. The van der Waals surface area contributed by atoms with E-state index in [1.54, 1.807) is 25.1 Å². The third kappa shape index (κ3) is 6.57. The molecule has 2 rings (SSSR count). The number of ether oxygens (including phenoxy) is 2. The van der Waals surface area contributed by atoms with Gasteiger partial charge in [-0.05, 0) is 81.4 Å². The fraction of sp³-hybridized carbons (Fsp3) is 0.333. The van der Waals surface area contributed by atoms with Crippen molar-refractivity contribution in [3.63, 3.8) is 0 Å². The van der Waals surface area contributed by atoms with E-state index in [-0.39, 0.29) is 12.0 Å². The number of carbonyl (C=O) groups is 1. The number of thiocarbonyl (C=S) groups is 1. The van der Waals surface area contributed by atoms with Gasteiger partial charge in [-0.25, -0.2) is 4.79 Å². The summed E-state index contributed by atoms with van der Waals surface area (Å²) in [5, 5.41) is 6.72. The molecule has 0 radical (unpaired) electrons. The average molecular weight is 387 g/mol. The van der Waals surface area contributed by atoms with Crippen molar-refractivity contribution in [3.05, 3.63) is 59.2 Å². The van der Waals surface area contributed by atoms with Crippen LogP contribution in [-0.4, -0.2) is 30.3 Å². The Morgan fingerprint density at radius 1 is 1.15 bits per heavy atom. The van der Waals surface area contributed by atoms with Gasteiger partial charge >= 0.3 is 5.97 Å². The molecule has 0 aromatic heterocycles. The van der Waals surface area contributed by atoms with E-state index in [1.165, 1.54) is 11.1 Å². The van der Waals surface area contributed by atoms with Gasteiger partial charge in [0.1, 0.15) is 12.4 Å². The number of carbonyl (C=O) groups excluding carboxylic acids is 1. The fourth-order valence-electron chi connectivity index (χ4n) is 2.40. The number of anilines is 1. The predicted octanol–water partition coefficient (Wildman–Crippen LogP) is 4.23. The van der Waals surface area contributed by atoms with Crippen LogP contribution >= 0.6 is 12.2 Å². The van der Waals surface area contributed by atoms with Gasteiger partial charge in [0.2, 0.25) is 0 Å². The minimum absolute atomic E-state index is 0.0137. The van der Waals surface area contributed by atoms with Crippen molar-refractivity contribution >= 4 is 29.0 Å². The van der Waals surface area contributed by atoms with Crippen LogP contribution < -0.4 is 15.4 Å². The molecule has 0 amide bonds. The summed E-state index contributed by atoms with van der Waals surface area (Å²) in [6.45, 7) is 8.73. The zero-order chi connectivity index (χ0) is 19.8. The highest BCUT2D eigenvalue weighted by Gasteiger charge is 2.09. The maximum atomic E-state index is 11.8. The molecule has 0 bridgehead atoms. The number of benzene rings is 2. The molecule has 6 heteroatoms. The van der Waals surface area contributed by atoms with Gasteiger partial charge in [0.05, 0.1) is 18.2 Å². The van der Waals surface area contributed by atoms with Gasteiger partial charge in [0.15, 0.2) is 5.11 Å². The number of hydrogen-bond acceptors (Lipinski definition) is 4. The first kappa shape index (κ1) is 20.7. The Balaban J connectivity index is 1.85. The first-order chi connectivity index (χ1) is 12.9. The van der Waals surface area contributed by atoms with E-state index in [0.29, 0.717) is 23.9 Å². The van der Waals surface area contributed by atoms with Crippen LogP contribution in [0.4, 0.5) is 5.69 Å². The SMILES string of the molecule is CCOC(=O)c1cccc(NC(=S)NC(C)COc2ccc(C)c(C)c2)c1.